The first-order valence-electron chi connectivity index (χ1n) is 8.63. The molecule has 0 bridgehead atoms. The van der Waals surface area contributed by atoms with Crippen LogP contribution in [0.3, 0.4) is 0 Å². The first kappa shape index (κ1) is 15.0. The van der Waals surface area contributed by atoms with Gasteiger partial charge in [-0.25, -0.2) is 4.99 Å². The molecule has 0 unspecified atom stereocenters. The summed E-state index contributed by atoms with van der Waals surface area (Å²) in [6.07, 6.45) is 2.12. The molecule has 0 N–H and O–H groups in total. The molecular formula is C20H19ClN4. The van der Waals surface area contributed by atoms with Crippen LogP contribution in [0, 0.1) is 0 Å². The van der Waals surface area contributed by atoms with E-state index in [4.69, 9.17) is 16.6 Å². The van der Waals surface area contributed by atoms with E-state index in [1.54, 1.807) is 0 Å². The topological polar surface area (TPSA) is 23.8 Å². The van der Waals surface area contributed by atoms with Gasteiger partial charge in [-0.1, -0.05) is 23.7 Å². The highest BCUT2D eigenvalue weighted by molar-refractivity contribution is 6.32. The second-order valence-electron chi connectivity index (χ2n) is 6.79. The maximum atomic E-state index is 6.44. The Morgan fingerprint density at radius 1 is 1.00 bits per heavy atom. The Morgan fingerprint density at radius 2 is 1.80 bits per heavy atom. The summed E-state index contributed by atoms with van der Waals surface area (Å²) >= 11 is 6.44. The molecule has 0 saturated carbocycles. The van der Waals surface area contributed by atoms with Gasteiger partial charge in [-0.2, -0.15) is 0 Å². The lowest BCUT2D eigenvalue weighted by molar-refractivity contribution is 0.216. The normalized spacial score (nSPS) is 17.4. The van der Waals surface area contributed by atoms with Crippen LogP contribution in [-0.4, -0.2) is 53.4 Å². The van der Waals surface area contributed by atoms with E-state index in [9.17, 15) is 0 Å². The fourth-order valence-electron chi connectivity index (χ4n) is 3.81. The first-order chi connectivity index (χ1) is 12.2. The van der Waals surface area contributed by atoms with E-state index in [2.05, 4.69) is 57.9 Å². The molecule has 5 rings (SSSR count). The third kappa shape index (κ3) is 2.36. The number of aromatic nitrogens is 1. The number of hydrogen-bond acceptors (Lipinski definition) is 3. The van der Waals surface area contributed by atoms with E-state index in [-0.39, 0.29) is 0 Å². The van der Waals surface area contributed by atoms with Gasteiger partial charge in [0.2, 0.25) is 0 Å². The highest BCUT2D eigenvalue weighted by Gasteiger charge is 2.25. The summed E-state index contributed by atoms with van der Waals surface area (Å²) in [6, 6.07) is 14.6. The number of fused-ring (bicyclic) bond motifs is 2. The molecule has 1 fully saturated rings. The Hall–Kier alpha value is -2.30. The van der Waals surface area contributed by atoms with Gasteiger partial charge < -0.3 is 14.4 Å². The molecule has 4 nitrogen and oxygen atoms in total. The fraction of sp³-hybridized carbons (Fsp3) is 0.250. The summed E-state index contributed by atoms with van der Waals surface area (Å²) in [5.41, 5.74) is 4.42. The first-order valence-corrected chi connectivity index (χ1v) is 9.01. The van der Waals surface area contributed by atoms with Crippen molar-refractivity contribution >= 4 is 34.0 Å². The maximum absolute atomic E-state index is 6.44. The van der Waals surface area contributed by atoms with Crippen molar-refractivity contribution in [2.24, 2.45) is 4.99 Å². The Labute approximate surface area is 151 Å². The third-order valence-electron chi connectivity index (χ3n) is 5.16. The van der Waals surface area contributed by atoms with Crippen molar-refractivity contribution in [1.29, 1.82) is 0 Å². The van der Waals surface area contributed by atoms with Crippen molar-refractivity contribution in [1.82, 2.24) is 14.4 Å². The largest absolute Gasteiger partial charge is 0.353 e. The summed E-state index contributed by atoms with van der Waals surface area (Å²) in [7, 11) is 2.17. The molecular weight excluding hydrogens is 332 g/mol. The molecule has 126 valence electrons. The minimum absolute atomic E-state index is 0.757. The van der Waals surface area contributed by atoms with Crippen LogP contribution in [0.2, 0.25) is 5.02 Å². The number of piperazine rings is 1. The van der Waals surface area contributed by atoms with Crippen LogP contribution < -0.4 is 0 Å². The SMILES string of the molecule is CN1CCN(C2=Nc3ccccc3-n3ccc4cc(Cl)cc2c43)CC1. The van der Waals surface area contributed by atoms with Gasteiger partial charge in [0.1, 0.15) is 5.84 Å². The second kappa shape index (κ2) is 5.61. The Morgan fingerprint density at radius 3 is 2.64 bits per heavy atom. The van der Waals surface area contributed by atoms with Gasteiger partial charge >= 0.3 is 0 Å². The predicted molar refractivity (Wildman–Crippen MR) is 104 cm³/mol. The van der Waals surface area contributed by atoms with Crippen molar-refractivity contribution in [3.63, 3.8) is 0 Å². The standard InChI is InChI=1S/C20H19ClN4/c1-23-8-10-24(11-9-23)20-16-13-15(21)12-14-6-7-25(19(14)16)18-5-3-2-4-17(18)22-20/h2-7,12-13H,8-11H2,1H3. The minimum atomic E-state index is 0.757. The van der Waals surface area contributed by atoms with Crippen molar-refractivity contribution in [3.8, 4) is 5.69 Å². The molecule has 0 radical (unpaired) electrons. The van der Waals surface area contributed by atoms with Crippen LogP contribution in [0.25, 0.3) is 16.6 Å². The number of para-hydroxylation sites is 2. The molecule has 2 aliphatic heterocycles. The van der Waals surface area contributed by atoms with Gasteiger partial charge in [-0.05, 0) is 37.4 Å². The predicted octanol–water partition coefficient (Wildman–Crippen LogP) is 3.92. The van der Waals surface area contributed by atoms with Crippen LogP contribution in [0.15, 0.2) is 53.7 Å². The van der Waals surface area contributed by atoms with Crippen molar-refractivity contribution in [2.75, 3.05) is 33.2 Å². The molecule has 3 heterocycles. The highest BCUT2D eigenvalue weighted by atomic mass is 35.5. The molecule has 0 amide bonds. The van der Waals surface area contributed by atoms with Crippen LogP contribution >= 0.6 is 11.6 Å². The number of benzene rings is 2. The molecule has 1 saturated heterocycles. The fourth-order valence-corrected chi connectivity index (χ4v) is 4.04. The number of amidine groups is 1. The van der Waals surface area contributed by atoms with Crippen LogP contribution in [0.5, 0.6) is 0 Å². The monoisotopic (exact) mass is 350 g/mol. The van der Waals surface area contributed by atoms with E-state index >= 15 is 0 Å². The Kier molecular flexibility index (Phi) is 3.37. The summed E-state index contributed by atoms with van der Waals surface area (Å²) in [5, 5.41) is 1.91. The third-order valence-corrected chi connectivity index (χ3v) is 5.38. The number of rotatable bonds is 0. The van der Waals surface area contributed by atoms with Crippen LogP contribution in [-0.2, 0) is 0 Å². The van der Waals surface area contributed by atoms with E-state index in [1.807, 2.05) is 12.1 Å². The molecule has 0 aliphatic carbocycles. The van der Waals surface area contributed by atoms with Crippen LogP contribution in [0.1, 0.15) is 5.56 Å². The molecule has 2 aliphatic rings. The van der Waals surface area contributed by atoms with Gasteiger partial charge in [0.15, 0.2) is 0 Å². The van der Waals surface area contributed by atoms with Gasteiger partial charge in [-0.3, -0.25) is 0 Å². The van der Waals surface area contributed by atoms with Crippen molar-refractivity contribution < 1.29 is 0 Å². The summed E-state index contributed by atoms with van der Waals surface area (Å²) in [5.74, 6) is 1.03. The average Bonchev–Trinajstić information content (AvgIpc) is 2.97. The number of halogens is 1. The van der Waals surface area contributed by atoms with E-state index in [0.29, 0.717) is 0 Å². The summed E-state index contributed by atoms with van der Waals surface area (Å²) in [4.78, 5) is 9.84. The van der Waals surface area contributed by atoms with Gasteiger partial charge in [-0.15, -0.1) is 0 Å². The van der Waals surface area contributed by atoms with Gasteiger partial charge in [0, 0.05) is 48.3 Å². The zero-order valence-corrected chi connectivity index (χ0v) is 14.9. The zero-order valence-electron chi connectivity index (χ0n) is 14.1. The maximum Gasteiger partial charge on any atom is 0.138 e. The molecule has 1 aromatic heterocycles. The van der Waals surface area contributed by atoms with Crippen molar-refractivity contribution in [2.45, 2.75) is 0 Å². The quantitative estimate of drug-likeness (QED) is 0.613. The number of nitrogens with zero attached hydrogens (tertiary/aromatic N) is 4. The van der Waals surface area contributed by atoms with Gasteiger partial charge in [0.25, 0.3) is 0 Å². The molecule has 3 aromatic rings. The number of likely N-dealkylation sites (N-methyl/N-ethyl adjacent to an activating group) is 1. The number of hydrogen-bond donors (Lipinski definition) is 0. The lowest BCUT2D eigenvalue weighted by Gasteiger charge is -2.34. The van der Waals surface area contributed by atoms with E-state index in [0.717, 1.165) is 59.4 Å². The number of aliphatic imine (C=N–C) groups is 1. The second-order valence-corrected chi connectivity index (χ2v) is 7.23. The van der Waals surface area contributed by atoms with E-state index in [1.165, 1.54) is 5.52 Å². The molecule has 25 heavy (non-hydrogen) atoms. The van der Waals surface area contributed by atoms with Crippen molar-refractivity contribution in [3.05, 3.63) is 59.2 Å². The Bertz CT molecular complexity index is 996. The molecule has 0 atom stereocenters. The highest BCUT2D eigenvalue weighted by Crippen LogP contribution is 2.36. The Balaban J connectivity index is 1.79. The summed E-state index contributed by atoms with van der Waals surface area (Å²) in [6.45, 7) is 4.05. The molecule has 5 heteroatoms. The van der Waals surface area contributed by atoms with Crippen LogP contribution in [0.4, 0.5) is 5.69 Å². The lowest BCUT2D eigenvalue weighted by Crippen LogP contribution is -2.47. The molecule has 0 spiro atoms. The van der Waals surface area contributed by atoms with E-state index < -0.39 is 0 Å². The minimum Gasteiger partial charge on any atom is -0.353 e. The molecule has 2 aromatic carbocycles. The summed E-state index contributed by atoms with van der Waals surface area (Å²) < 4.78 is 2.24. The zero-order chi connectivity index (χ0) is 17.0. The lowest BCUT2D eigenvalue weighted by atomic mass is 10.1. The average molecular weight is 351 g/mol. The smallest absolute Gasteiger partial charge is 0.138 e. The van der Waals surface area contributed by atoms with Gasteiger partial charge in [0.05, 0.1) is 16.9 Å².